The van der Waals surface area contributed by atoms with Crippen LogP contribution in [0.1, 0.15) is 23.0 Å². The van der Waals surface area contributed by atoms with Crippen molar-refractivity contribution in [1.29, 1.82) is 0 Å². The van der Waals surface area contributed by atoms with Crippen LogP contribution in [0, 0.1) is 6.92 Å². The number of hydrogen-bond donors (Lipinski definition) is 0. The number of carbonyl (C=O) groups excluding carboxylic acids is 2. The number of rotatable bonds is 5. The highest BCUT2D eigenvalue weighted by Gasteiger charge is 2.13. The molecule has 0 radical (unpaired) electrons. The number of aryl methyl sites for hydroxylation is 1. The summed E-state index contributed by atoms with van der Waals surface area (Å²) < 4.78 is 4.59. The molecular formula is C11H13NO5. The van der Waals surface area contributed by atoms with Gasteiger partial charge in [0.25, 0.3) is 0 Å². The standard InChI is InChI=1S/C11H13NO5/c1-3-15-10(13)7-16-17-11(14)9-5-4-6-12-8(9)2/h4-6H,3,7H2,1-2H3. The Morgan fingerprint density at radius 1 is 1.41 bits per heavy atom. The summed E-state index contributed by atoms with van der Waals surface area (Å²) in [7, 11) is 0. The molecule has 17 heavy (non-hydrogen) atoms. The Hall–Kier alpha value is -1.95. The lowest BCUT2D eigenvalue weighted by molar-refractivity contribution is -0.243. The van der Waals surface area contributed by atoms with Gasteiger partial charge in [0.1, 0.15) is 0 Å². The van der Waals surface area contributed by atoms with Crippen molar-refractivity contribution in [2.75, 3.05) is 13.2 Å². The van der Waals surface area contributed by atoms with E-state index in [1.165, 1.54) is 0 Å². The van der Waals surface area contributed by atoms with Gasteiger partial charge in [-0.25, -0.2) is 9.59 Å². The summed E-state index contributed by atoms with van der Waals surface area (Å²) >= 11 is 0. The Morgan fingerprint density at radius 2 is 2.18 bits per heavy atom. The summed E-state index contributed by atoms with van der Waals surface area (Å²) in [6.07, 6.45) is 1.56. The van der Waals surface area contributed by atoms with Crippen molar-refractivity contribution in [2.45, 2.75) is 13.8 Å². The van der Waals surface area contributed by atoms with Gasteiger partial charge in [-0.15, -0.1) is 0 Å². The zero-order valence-electron chi connectivity index (χ0n) is 9.63. The number of nitrogens with zero attached hydrogens (tertiary/aromatic N) is 1. The van der Waals surface area contributed by atoms with Gasteiger partial charge in [-0.2, -0.15) is 4.89 Å². The zero-order valence-corrected chi connectivity index (χ0v) is 9.63. The number of ether oxygens (including phenoxy) is 1. The number of hydrogen-bond acceptors (Lipinski definition) is 6. The van der Waals surface area contributed by atoms with Crippen LogP contribution < -0.4 is 0 Å². The molecular weight excluding hydrogens is 226 g/mol. The van der Waals surface area contributed by atoms with Gasteiger partial charge >= 0.3 is 11.9 Å². The lowest BCUT2D eigenvalue weighted by atomic mass is 10.2. The van der Waals surface area contributed by atoms with E-state index in [9.17, 15) is 9.59 Å². The van der Waals surface area contributed by atoms with Crippen molar-refractivity contribution in [3.05, 3.63) is 29.6 Å². The van der Waals surface area contributed by atoms with Crippen LogP contribution >= 0.6 is 0 Å². The molecule has 0 atom stereocenters. The van der Waals surface area contributed by atoms with Gasteiger partial charge in [-0.3, -0.25) is 9.87 Å². The first-order valence-corrected chi connectivity index (χ1v) is 5.06. The lowest BCUT2D eigenvalue weighted by Crippen LogP contribution is -2.16. The Labute approximate surface area is 98.4 Å². The monoisotopic (exact) mass is 239 g/mol. The van der Waals surface area contributed by atoms with Crippen LogP contribution in [-0.4, -0.2) is 30.1 Å². The highest BCUT2D eigenvalue weighted by atomic mass is 17.2. The van der Waals surface area contributed by atoms with Crippen LogP contribution in [-0.2, 0) is 19.3 Å². The fourth-order valence-corrected chi connectivity index (χ4v) is 1.08. The number of pyridine rings is 1. The van der Waals surface area contributed by atoms with Crippen molar-refractivity contribution in [2.24, 2.45) is 0 Å². The topological polar surface area (TPSA) is 74.7 Å². The van der Waals surface area contributed by atoms with Gasteiger partial charge in [0.2, 0.25) is 0 Å². The Kier molecular flexibility index (Phi) is 5.09. The minimum atomic E-state index is -0.695. The molecule has 1 aromatic rings. The first-order chi connectivity index (χ1) is 8.15. The summed E-state index contributed by atoms with van der Waals surface area (Å²) in [5, 5.41) is 0. The predicted molar refractivity (Wildman–Crippen MR) is 57.0 cm³/mol. The summed E-state index contributed by atoms with van der Waals surface area (Å²) in [5.41, 5.74) is 0.814. The molecule has 0 aromatic carbocycles. The van der Waals surface area contributed by atoms with Crippen LogP contribution in [0.5, 0.6) is 0 Å². The third-order valence-corrected chi connectivity index (χ3v) is 1.84. The fraction of sp³-hybridized carbons (Fsp3) is 0.364. The number of esters is 1. The fourth-order valence-electron chi connectivity index (χ4n) is 1.08. The SMILES string of the molecule is CCOC(=O)COOC(=O)c1cccnc1C. The van der Waals surface area contributed by atoms with Crippen molar-refractivity contribution in [3.63, 3.8) is 0 Å². The molecule has 6 nitrogen and oxygen atoms in total. The molecule has 1 aromatic heterocycles. The number of aromatic nitrogens is 1. The van der Waals surface area contributed by atoms with Crippen LogP contribution in [0.4, 0.5) is 0 Å². The molecule has 0 saturated heterocycles. The van der Waals surface area contributed by atoms with E-state index in [0.717, 1.165) is 0 Å². The average molecular weight is 239 g/mol. The van der Waals surface area contributed by atoms with E-state index in [2.05, 4.69) is 19.5 Å². The van der Waals surface area contributed by atoms with Crippen molar-refractivity contribution >= 4 is 11.9 Å². The number of carbonyl (C=O) groups is 2. The molecule has 1 rings (SSSR count). The average Bonchev–Trinajstić information content (AvgIpc) is 2.29. The largest absolute Gasteiger partial charge is 0.464 e. The smallest absolute Gasteiger partial charge is 0.374 e. The van der Waals surface area contributed by atoms with Crippen molar-refractivity contribution in [3.8, 4) is 0 Å². The maximum Gasteiger partial charge on any atom is 0.374 e. The molecule has 0 aliphatic carbocycles. The molecule has 0 saturated carbocycles. The molecule has 0 amide bonds. The lowest BCUT2D eigenvalue weighted by Gasteiger charge is -2.04. The van der Waals surface area contributed by atoms with Gasteiger partial charge in [-0.05, 0) is 26.0 Å². The molecule has 0 aliphatic rings. The second-order valence-corrected chi connectivity index (χ2v) is 3.07. The van der Waals surface area contributed by atoms with Gasteiger partial charge in [0, 0.05) is 6.20 Å². The molecule has 0 bridgehead atoms. The van der Waals surface area contributed by atoms with Crippen LogP contribution in [0.3, 0.4) is 0 Å². The van der Waals surface area contributed by atoms with E-state index < -0.39 is 18.5 Å². The normalized spacial score (nSPS) is 9.76. The quantitative estimate of drug-likeness (QED) is 0.434. The molecule has 1 heterocycles. The summed E-state index contributed by atoms with van der Waals surface area (Å²) in [4.78, 5) is 35.2. The van der Waals surface area contributed by atoms with Gasteiger partial charge < -0.3 is 4.74 Å². The van der Waals surface area contributed by atoms with E-state index in [1.807, 2.05) is 0 Å². The molecule has 0 fully saturated rings. The van der Waals surface area contributed by atoms with Gasteiger partial charge in [0.15, 0.2) is 6.61 Å². The highest BCUT2D eigenvalue weighted by molar-refractivity contribution is 5.90. The predicted octanol–water partition coefficient (Wildman–Crippen LogP) is 1.04. The van der Waals surface area contributed by atoms with E-state index in [0.29, 0.717) is 5.69 Å². The van der Waals surface area contributed by atoms with E-state index in [4.69, 9.17) is 0 Å². The van der Waals surface area contributed by atoms with Crippen molar-refractivity contribution in [1.82, 2.24) is 4.98 Å². The van der Waals surface area contributed by atoms with Gasteiger partial charge in [-0.1, -0.05) is 0 Å². The molecule has 6 heteroatoms. The van der Waals surface area contributed by atoms with E-state index in [-0.39, 0.29) is 12.2 Å². The van der Waals surface area contributed by atoms with Gasteiger partial charge in [0.05, 0.1) is 17.9 Å². The van der Waals surface area contributed by atoms with Crippen LogP contribution in [0.2, 0.25) is 0 Å². The summed E-state index contributed by atoms with van der Waals surface area (Å²) in [5.74, 6) is -1.29. The molecule has 0 unspecified atom stereocenters. The Bertz CT molecular complexity index is 405. The maximum absolute atomic E-state index is 11.5. The highest BCUT2D eigenvalue weighted by Crippen LogP contribution is 2.05. The van der Waals surface area contributed by atoms with E-state index >= 15 is 0 Å². The molecule has 0 spiro atoms. The third-order valence-electron chi connectivity index (χ3n) is 1.84. The van der Waals surface area contributed by atoms with Crippen LogP contribution in [0.15, 0.2) is 18.3 Å². The first kappa shape index (κ1) is 13.1. The maximum atomic E-state index is 11.5. The van der Waals surface area contributed by atoms with Crippen molar-refractivity contribution < 1.29 is 24.1 Å². The summed E-state index contributed by atoms with van der Waals surface area (Å²) in [6.45, 7) is 3.15. The summed E-state index contributed by atoms with van der Waals surface area (Å²) in [6, 6.07) is 3.16. The van der Waals surface area contributed by atoms with Crippen LogP contribution in [0.25, 0.3) is 0 Å². The minimum Gasteiger partial charge on any atom is -0.464 e. The van der Waals surface area contributed by atoms with E-state index in [1.54, 1.807) is 32.2 Å². The Morgan fingerprint density at radius 3 is 2.82 bits per heavy atom. The molecule has 0 aliphatic heterocycles. The second-order valence-electron chi connectivity index (χ2n) is 3.07. The molecule has 92 valence electrons. The third kappa shape index (κ3) is 4.20. The first-order valence-electron chi connectivity index (χ1n) is 5.06. The Balaban J connectivity index is 2.41. The minimum absolute atomic E-state index is 0.248. The molecule has 0 N–H and O–H groups in total. The zero-order chi connectivity index (χ0) is 12.7. The second kappa shape index (κ2) is 6.59.